The SMILES string of the molecule is CC(C)(C)OC(=O)n1cc(Cc2ccc(F)cc2)cn1. The molecular formula is C15H17FN2O2. The number of aromatic nitrogens is 2. The molecule has 0 aliphatic heterocycles. The Morgan fingerprint density at radius 1 is 1.25 bits per heavy atom. The van der Waals surface area contributed by atoms with Crippen molar-refractivity contribution in [3.8, 4) is 0 Å². The van der Waals surface area contributed by atoms with E-state index in [0.717, 1.165) is 11.1 Å². The molecule has 2 rings (SSSR count). The van der Waals surface area contributed by atoms with Crippen molar-refractivity contribution in [3.63, 3.8) is 0 Å². The Kier molecular flexibility index (Phi) is 3.88. The van der Waals surface area contributed by atoms with E-state index in [1.54, 1.807) is 45.3 Å². The molecule has 1 aromatic heterocycles. The van der Waals surface area contributed by atoms with Crippen molar-refractivity contribution in [1.82, 2.24) is 9.78 Å². The van der Waals surface area contributed by atoms with Gasteiger partial charge in [0.25, 0.3) is 0 Å². The first kappa shape index (κ1) is 14.2. The number of halogens is 1. The highest BCUT2D eigenvalue weighted by molar-refractivity contribution is 5.69. The van der Waals surface area contributed by atoms with Crippen LogP contribution in [0.15, 0.2) is 36.7 Å². The fraction of sp³-hybridized carbons (Fsp3) is 0.333. The van der Waals surface area contributed by atoms with Crippen LogP contribution in [0.2, 0.25) is 0 Å². The molecule has 0 unspecified atom stereocenters. The summed E-state index contributed by atoms with van der Waals surface area (Å²) in [5, 5.41) is 3.98. The third-order valence-electron chi connectivity index (χ3n) is 2.54. The molecule has 106 valence electrons. The van der Waals surface area contributed by atoms with Gasteiger partial charge in [0, 0.05) is 12.6 Å². The van der Waals surface area contributed by atoms with Gasteiger partial charge in [0.2, 0.25) is 0 Å². The minimum absolute atomic E-state index is 0.266. The summed E-state index contributed by atoms with van der Waals surface area (Å²) < 4.78 is 19.2. The van der Waals surface area contributed by atoms with Gasteiger partial charge >= 0.3 is 6.09 Å². The maximum atomic E-state index is 12.8. The van der Waals surface area contributed by atoms with Gasteiger partial charge in [-0.3, -0.25) is 0 Å². The van der Waals surface area contributed by atoms with Crippen LogP contribution < -0.4 is 0 Å². The summed E-state index contributed by atoms with van der Waals surface area (Å²) in [6, 6.07) is 6.24. The summed E-state index contributed by atoms with van der Waals surface area (Å²) in [6.07, 6.45) is 3.30. The molecule has 0 bridgehead atoms. The third kappa shape index (κ3) is 3.91. The van der Waals surface area contributed by atoms with E-state index >= 15 is 0 Å². The first-order valence-corrected chi connectivity index (χ1v) is 6.35. The predicted octanol–water partition coefficient (Wildman–Crippen LogP) is 3.40. The lowest BCUT2D eigenvalue weighted by Gasteiger charge is -2.18. The molecule has 0 atom stereocenters. The fourth-order valence-corrected chi connectivity index (χ4v) is 1.70. The lowest BCUT2D eigenvalue weighted by molar-refractivity contribution is 0.0514. The van der Waals surface area contributed by atoms with Crippen LogP contribution in [0.5, 0.6) is 0 Å². The van der Waals surface area contributed by atoms with Crippen molar-refractivity contribution in [3.05, 3.63) is 53.6 Å². The zero-order valence-corrected chi connectivity index (χ0v) is 11.8. The van der Waals surface area contributed by atoms with Gasteiger partial charge in [0.15, 0.2) is 0 Å². The zero-order chi connectivity index (χ0) is 14.8. The number of ether oxygens (including phenoxy) is 1. The quantitative estimate of drug-likeness (QED) is 0.844. The first-order chi connectivity index (χ1) is 9.33. The molecule has 0 saturated carbocycles. The normalized spacial score (nSPS) is 11.4. The van der Waals surface area contributed by atoms with Gasteiger partial charge in [-0.15, -0.1) is 0 Å². The molecule has 1 heterocycles. The molecule has 20 heavy (non-hydrogen) atoms. The highest BCUT2D eigenvalue weighted by Gasteiger charge is 2.18. The van der Waals surface area contributed by atoms with E-state index in [2.05, 4.69) is 5.10 Å². The number of hydrogen-bond acceptors (Lipinski definition) is 3. The predicted molar refractivity (Wildman–Crippen MR) is 73.1 cm³/mol. The lowest BCUT2D eigenvalue weighted by Crippen LogP contribution is -2.27. The maximum Gasteiger partial charge on any atom is 0.435 e. The Morgan fingerprint density at radius 2 is 1.90 bits per heavy atom. The highest BCUT2D eigenvalue weighted by Crippen LogP contribution is 2.12. The van der Waals surface area contributed by atoms with Crippen LogP contribution in [0.25, 0.3) is 0 Å². The third-order valence-corrected chi connectivity index (χ3v) is 2.54. The van der Waals surface area contributed by atoms with Crippen LogP contribution in [-0.4, -0.2) is 21.5 Å². The molecule has 2 aromatic rings. The van der Waals surface area contributed by atoms with E-state index in [-0.39, 0.29) is 5.82 Å². The molecule has 0 amide bonds. The van der Waals surface area contributed by atoms with Crippen LogP contribution in [0, 0.1) is 5.82 Å². The summed E-state index contributed by atoms with van der Waals surface area (Å²) in [4.78, 5) is 11.8. The van der Waals surface area contributed by atoms with Crippen molar-refractivity contribution in [2.24, 2.45) is 0 Å². The molecular weight excluding hydrogens is 259 g/mol. The van der Waals surface area contributed by atoms with E-state index in [1.165, 1.54) is 16.8 Å². The molecule has 0 radical (unpaired) electrons. The minimum Gasteiger partial charge on any atom is -0.442 e. The van der Waals surface area contributed by atoms with Crippen LogP contribution in [0.4, 0.5) is 9.18 Å². The number of hydrogen-bond donors (Lipinski definition) is 0. The van der Waals surface area contributed by atoms with Gasteiger partial charge in [0.05, 0.1) is 6.20 Å². The lowest BCUT2D eigenvalue weighted by atomic mass is 10.1. The Balaban J connectivity index is 2.05. The van der Waals surface area contributed by atoms with Crippen LogP contribution in [0.3, 0.4) is 0 Å². The molecule has 0 aliphatic rings. The smallest absolute Gasteiger partial charge is 0.435 e. The molecule has 0 saturated heterocycles. The van der Waals surface area contributed by atoms with E-state index in [9.17, 15) is 9.18 Å². The molecule has 5 heteroatoms. The molecule has 4 nitrogen and oxygen atoms in total. The van der Waals surface area contributed by atoms with Gasteiger partial charge in [0.1, 0.15) is 11.4 Å². The van der Waals surface area contributed by atoms with Crippen molar-refractivity contribution < 1.29 is 13.9 Å². The molecule has 0 spiro atoms. The van der Waals surface area contributed by atoms with E-state index in [4.69, 9.17) is 4.74 Å². The van der Waals surface area contributed by atoms with Gasteiger partial charge in [-0.1, -0.05) is 12.1 Å². The van der Waals surface area contributed by atoms with Gasteiger partial charge < -0.3 is 4.74 Å². The Morgan fingerprint density at radius 3 is 2.50 bits per heavy atom. The van der Waals surface area contributed by atoms with Crippen LogP contribution >= 0.6 is 0 Å². The summed E-state index contributed by atoms with van der Waals surface area (Å²) in [6.45, 7) is 5.40. The number of benzene rings is 1. The number of carbonyl (C=O) groups excluding carboxylic acids is 1. The van der Waals surface area contributed by atoms with E-state index in [0.29, 0.717) is 6.42 Å². The Hall–Kier alpha value is -2.17. The zero-order valence-electron chi connectivity index (χ0n) is 11.8. The summed E-state index contributed by atoms with van der Waals surface area (Å²) in [7, 11) is 0. The summed E-state index contributed by atoms with van der Waals surface area (Å²) in [5.74, 6) is -0.266. The highest BCUT2D eigenvalue weighted by atomic mass is 19.1. The standard InChI is InChI=1S/C15H17FN2O2/c1-15(2,3)20-14(19)18-10-12(9-17-18)8-11-4-6-13(16)7-5-11/h4-7,9-10H,8H2,1-3H3. The van der Waals surface area contributed by atoms with E-state index < -0.39 is 11.7 Å². The molecule has 0 aliphatic carbocycles. The van der Waals surface area contributed by atoms with Crippen molar-refractivity contribution >= 4 is 6.09 Å². The monoisotopic (exact) mass is 276 g/mol. The topological polar surface area (TPSA) is 44.1 Å². The number of carbonyl (C=O) groups is 1. The van der Waals surface area contributed by atoms with E-state index in [1.807, 2.05) is 0 Å². The van der Waals surface area contributed by atoms with Crippen molar-refractivity contribution in [1.29, 1.82) is 0 Å². The van der Waals surface area contributed by atoms with Gasteiger partial charge in [-0.2, -0.15) is 9.78 Å². The average molecular weight is 276 g/mol. The van der Waals surface area contributed by atoms with Gasteiger partial charge in [-0.05, 0) is 44.0 Å². The average Bonchev–Trinajstić information content (AvgIpc) is 2.79. The fourth-order valence-electron chi connectivity index (χ4n) is 1.70. The first-order valence-electron chi connectivity index (χ1n) is 6.35. The Bertz CT molecular complexity index is 597. The summed E-state index contributed by atoms with van der Waals surface area (Å²) in [5.41, 5.74) is 1.26. The van der Waals surface area contributed by atoms with Crippen molar-refractivity contribution in [2.75, 3.05) is 0 Å². The second-order valence-corrected chi connectivity index (χ2v) is 5.58. The second-order valence-electron chi connectivity index (χ2n) is 5.58. The largest absolute Gasteiger partial charge is 0.442 e. The second kappa shape index (κ2) is 5.45. The molecule has 0 fully saturated rings. The van der Waals surface area contributed by atoms with Crippen molar-refractivity contribution in [2.45, 2.75) is 32.8 Å². The number of nitrogens with zero attached hydrogens (tertiary/aromatic N) is 2. The Labute approximate surface area is 117 Å². The molecule has 1 aromatic carbocycles. The van der Waals surface area contributed by atoms with Crippen LogP contribution in [0.1, 0.15) is 31.9 Å². The van der Waals surface area contributed by atoms with Crippen LogP contribution in [-0.2, 0) is 11.2 Å². The maximum absolute atomic E-state index is 12.8. The van der Waals surface area contributed by atoms with Gasteiger partial charge in [-0.25, -0.2) is 9.18 Å². The molecule has 0 N–H and O–H groups in total. The minimum atomic E-state index is -0.555. The number of rotatable bonds is 2. The summed E-state index contributed by atoms with van der Waals surface area (Å²) >= 11 is 0.